The predicted molar refractivity (Wildman–Crippen MR) is 102 cm³/mol. The number of rotatable bonds is 4. The quantitative estimate of drug-likeness (QED) is 0.884. The van der Waals surface area contributed by atoms with E-state index in [4.69, 9.17) is 5.26 Å². The number of carbonyl (C=O) groups excluding carboxylic acids is 2. The second-order valence-corrected chi connectivity index (χ2v) is 7.47. The fraction of sp³-hybridized carbons (Fsp3) is 0.429. The van der Waals surface area contributed by atoms with Gasteiger partial charge in [0.15, 0.2) is 0 Å². The molecule has 144 valence electrons. The summed E-state index contributed by atoms with van der Waals surface area (Å²) in [4.78, 5) is 26.7. The molecule has 1 saturated carbocycles. The maximum Gasteiger partial charge on any atom is 0.254 e. The van der Waals surface area contributed by atoms with Crippen molar-refractivity contribution in [3.05, 3.63) is 52.8 Å². The van der Waals surface area contributed by atoms with Gasteiger partial charge >= 0.3 is 0 Å². The van der Waals surface area contributed by atoms with Gasteiger partial charge in [-0.2, -0.15) is 10.4 Å². The molecular weight excluding hydrogens is 354 g/mol. The molecule has 1 fully saturated rings. The third-order valence-corrected chi connectivity index (χ3v) is 5.54. The van der Waals surface area contributed by atoms with E-state index in [9.17, 15) is 9.59 Å². The zero-order valence-corrected chi connectivity index (χ0v) is 15.7. The van der Waals surface area contributed by atoms with E-state index in [2.05, 4.69) is 16.5 Å². The van der Waals surface area contributed by atoms with Crippen molar-refractivity contribution >= 4 is 11.8 Å². The zero-order valence-electron chi connectivity index (χ0n) is 15.7. The van der Waals surface area contributed by atoms with Gasteiger partial charge in [0.05, 0.1) is 42.7 Å². The minimum atomic E-state index is -0.0827. The first-order valence-corrected chi connectivity index (χ1v) is 9.77. The van der Waals surface area contributed by atoms with E-state index in [1.165, 1.54) is 0 Å². The molecule has 1 aliphatic heterocycles. The molecule has 1 aliphatic carbocycles. The van der Waals surface area contributed by atoms with Crippen LogP contribution in [-0.2, 0) is 24.4 Å². The minimum absolute atomic E-state index is 0.0827. The van der Waals surface area contributed by atoms with Gasteiger partial charge in [0.25, 0.3) is 5.91 Å². The Labute approximate surface area is 163 Å². The Kier molecular flexibility index (Phi) is 5.11. The largest absolute Gasteiger partial charge is 0.350 e. The molecule has 28 heavy (non-hydrogen) atoms. The summed E-state index contributed by atoms with van der Waals surface area (Å²) >= 11 is 0. The van der Waals surface area contributed by atoms with Crippen LogP contribution >= 0.6 is 0 Å². The molecule has 1 aromatic heterocycles. The first-order chi connectivity index (χ1) is 13.6. The maximum atomic E-state index is 12.8. The number of hydrogen-bond acceptors (Lipinski definition) is 4. The average Bonchev–Trinajstić information content (AvgIpc) is 3.40. The molecule has 0 atom stereocenters. The van der Waals surface area contributed by atoms with Crippen molar-refractivity contribution in [1.29, 1.82) is 5.26 Å². The summed E-state index contributed by atoms with van der Waals surface area (Å²) in [5, 5.41) is 16.6. The second kappa shape index (κ2) is 7.85. The van der Waals surface area contributed by atoms with Crippen LogP contribution in [0.3, 0.4) is 0 Å². The first-order valence-electron chi connectivity index (χ1n) is 9.77. The smallest absolute Gasteiger partial charge is 0.254 e. The zero-order chi connectivity index (χ0) is 19.5. The molecule has 4 rings (SSSR count). The van der Waals surface area contributed by atoms with Crippen LogP contribution in [-0.4, -0.2) is 33.0 Å². The standard InChI is InChI=1S/C21H23N5O2/c22-12-15-4-3-7-17(10-15)21(28)25-8-9-26-19(14-25)11-18(24-26)13-23-20(27)16-5-1-2-6-16/h3-4,7,10-11,16H,1-2,5-6,8-9,13-14H2,(H,23,27). The topological polar surface area (TPSA) is 91.0 Å². The summed E-state index contributed by atoms with van der Waals surface area (Å²) in [7, 11) is 0. The molecule has 7 heteroatoms. The number of amides is 2. The van der Waals surface area contributed by atoms with E-state index >= 15 is 0 Å². The maximum absolute atomic E-state index is 12.8. The van der Waals surface area contributed by atoms with E-state index < -0.39 is 0 Å². The van der Waals surface area contributed by atoms with Crippen molar-refractivity contribution in [2.45, 2.75) is 45.3 Å². The molecule has 2 amide bonds. The molecule has 0 saturated heterocycles. The van der Waals surface area contributed by atoms with Crippen LogP contribution in [0.1, 0.15) is 53.0 Å². The Balaban J connectivity index is 1.39. The van der Waals surface area contributed by atoms with Gasteiger partial charge in [-0.15, -0.1) is 0 Å². The number of fused-ring (bicyclic) bond motifs is 1. The van der Waals surface area contributed by atoms with Crippen LogP contribution in [0, 0.1) is 17.2 Å². The number of aromatic nitrogens is 2. The molecule has 2 aromatic rings. The Morgan fingerprint density at radius 2 is 2.04 bits per heavy atom. The first kappa shape index (κ1) is 18.2. The fourth-order valence-electron chi connectivity index (χ4n) is 4.00. The molecule has 2 aliphatic rings. The van der Waals surface area contributed by atoms with Crippen LogP contribution in [0.5, 0.6) is 0 Å². The summed E-state index contributed by atoms with van der Waals surface area (Å²) in [6.07, 6.45) is 4.24. The van der Waals surface area contributed by atoms with E-state index in [1.54, 1.807) is 29.2 Å². The summed E-state index contributed by atoms with van der Waals surface area (Å²) < 4.78 is 1.91. The second-order valence-electron chi connectivity index (χ2n) is 7.47. The highest BCUT2D eigenvalue weighted by Crippen LogP contribution is 2.24. The van der Waals surface area contributed by atoms with Crippen molar-refractivity contribution in [2.24, 2.45) is 5.92 Å². The monoisotopic (exact) mass is 377 g/mol. The number of nitrogens with zero attached hydrogens (tertiary/aromatic N) is 4. The molecule has 2 heterocycles. The van der Waals surface area contributed by atoms with Gasteiger partial charge in [0.2, 0.25) is 5.91 Å². The van der Waals surface area contributed by atoms with Crippen molar-refractivity contribution < 1.29 is 9.59 Å². The lowest BCUT2D eigenvalue weighted by atomic mass is 10.1. The molecule has 1 N–H and O–H groups in total. The number of carbonyl (C=O) groups is 2. The molecule has 0 unspecified atom stereocenters. The highest BCUT2D eigenvalue weighted by Gasteiger charge is 2.25. The number of hydrogen-bond donors (Lipinski definition) is 1. The van der Waals surface area contributed by atoms with Gasteiger partial charge in [-0.25, -0.2) is 0 Å². The van der Waals surface area contributed by atoms with E-state index in [-0.39, 0.29) is 17.7 Å². The Bertz CT molecular complexity index is 937. The van der Waals surface area contributed by atoms with Crippen LogP contribution in [0.2, 0.25) is 0 Å². The molecule has 7 nitrogen and oxygen atoms in total. The lowest BCUT2D eigenvalue weighted by Crippen LogP contribution is -2.38. The van der Waals surface area contributed by atoms with Gasteiger partial charge < -0.3 is 10.2 Å². The van der Waals surface area contributed by atoms with Gasteiger partial charge in [-0.05, 0) is 37.1 Å². The van der Waals surface area contributed by atoms with Crippen LogP contribution in [0.25, 0.3) is 0 Å². The summed E-state index contributed by atoms with van der Waals surface area (Å²) in [6, 6.07) is 10.8. The van der Waals surface area contributed by atoms with Crippen molar-refractivity contribution in [3.63, 3.8) is 0 Å². The summed E-state index contributed by atoms with van der Waals surface area (Å²) in [5.74, 6) is 0.188. The Morgan fingerprint density at radius 3 is 2.82 bits per heavy atom. The molecule has 0 bridgehead atoms. The lowest BCUT2D eigenvalue weighted by Gasteiger charge is -2.27. The van der Waals surface area contributed by atoms with Crippen molar-refractivity contribution in [2.75, 3.05) is 6.54 Å². The number of nitrogens with one attached hydrogen (secondary N) is 1. The van der Waals surface area contributed by atoms with Gasteiger partial charge in [-0.1, -0.05) is 18.9 Å². The Hall–Kier alpha value is -3.14. The molecule has 0 spiro atoms. The normalized spacial score (nSPS) is 16.5. The van der Waals surface area contributed by atoms with Gasteiger partial charge in [0.1, 0.15) is 0 Å². The van der Waals surface area contributed by atoms with E-state index in [1.807, 2.05) is 10.7 Å². The highest BCUT2D eigenvalue weighted by atomic mass is 16.2. The fourth-order valence-corrected chi connectivity index (χ4v) is 4.00. The van der Waals surface area contributed by atoms with Crippen molar-refractivity contribution in [3.8, 4) is 6.07 Å². The van der Waals surface area contributed by atoms with Crippen LogP contribution < -0.4 is 5.32 Å². The predicted octanol–water partition coefficient (Wildman–Crippen LogP) is 2.22. The van der Waals surface area contributed by atoms with E-state index in [0.29, 0.717) is 37.3 Å². The number of benzene rings is 1. The minimum Gasteiger partial charge on any atom is -0.350 e. The van der Waals surface area contributed by atoms with E-state index in [0.717, 1.165) is 37.1 Å². The molecule has 1 aromatic carbocycles. The van der Waals surface area contributed by atoms with Crippen LogP contribution in [0.15, 0.2) is 30.3 Å². The average molecular weight is 377 g/mol. The summed E-state index contributed by atoms with van der Waals surface area (Å²) in [6.45, 7) is 2.08. The third-order valence-electron chi connectivity index (χ3n) is 5.54. The lowest BCUT2D eigenvalue weighted by molar-refractivity contribution is -0.125. The van der Waals surface area contributed by atoms with Gasteiger partial charge in [0, 0.05) is 18.0 Å². The third kappa shape index (κ3) is 3.77. The SMILES string of the molecule is N#Cc1cccc(C(=O)N2CCn3nc(CNC(=O)C4CCCC4)cc3C2)c1. The van der Waals surface area contributed by atoms with Gasteiger partial charge in [-0.3, -0.25) is 14.3 Å². The molecular formula is C21H23N5O2. The number of nitriles is 1. The van der Waals surface area contributed by atoms with Crippen LogP contribution in [0.4, 0.5) is 0 Å². The molecule has 0 radical (unpaired) electrons. The Morgan fingerprint density at radius 1 is 1.21 bits per heavy atom. The summed E-state index contributed by atoms with van der Waals surface area (Å²) in [5.41, 5.74) is 2.78. The highest BCUT2D eigenvalue weighted by molar-refractivity contribution is 5.94. The van der Waals surface area contributed by atoms with Crippen molar-refractivity contribution in [1.82, 2.24) is 20.0 Å².